The van der Waals surface area contributed by atoms with Gasteiger partial charge in [-0.3, -0.25) is 15.0 Å². The summed E-state index contributed by atoms with van der Waals surface area (Å²) in [5, 5.41) is 20.4. The van der Waals surface area contributed by atoms with E-state index in [4.69, 9.17) is 9.57 Å². The zero-order valence-electron chi connectivity index (χ0n) is 11.4. The average Bonchev–Trinajstić information content (AvgIpc) is 2.92. The molecule has 2 amide bonds. The number of Topliss-reactive ketones (excluding diaryl/α,β-unsaturated/α-hetero) is 2. The number of carbonyl (C=O) groups excluding carboxylic acids is 3. The Bertz CT molecular complexity index is 640. The zero-order valence-corrected chi connectivity index (χ0v) is 11.4. The second-order valence-electron chi connectivity index (χ2n) is 4.60. The maximum Gasteiger partial charge on any atom is 0.355 e. The summed E-state index contributed by atoms with van der Waals surface area (Å²) in [5.74, 6) is -2.45. The van der Waals surface area contributed by atoms with Gasteiger partial charge in [0.1, 0.15) is 0 Å². The van der Waals surface area contributed by atoms with Crippen LogP contribution in [0.2, 0.25) is 0 Å². The van der Waals surface area contributed by atoms with E-state index in [-0.39, 0.29) is 0 Å². The number of hydrogen-bond donors (Lipinski definition) is 4. The first kappa shape index (κ1) is 15.5. The van der Waals surface area contributed by atoms with Crippen LogP contribution in [0.3, 0.4) is 0 Å². The molecule has 4 N–H and O–H groups in total. The number of nitrogens with one attached hydrogen (secondary N) is 2. The molecule has 0 bridgehead atoms. The summed E-state index contributed by atoms with van der Waals surface area (Å²) >= 11 is 0. The van der Waals surface area contributed by atoms with Gasteiger partial charge in [-0.1, -0.05) is 18.2 Å². The largest absolute Gasteiger partial charge is 0.380 e. The summed E-state index contributed by atoms with van der Waals surface area (Å²) in [7, 11) is 0. The molecule has 2 fully saturated rings. The van der Waals surface area contributed by atoms with Crippen LogP contribution in [-0.4, -0.2) is 51.8 Å². The number of aliphatic hydroxyl groups is 2. The Morgan fingerprint density at radius 1 is 1.09 bits per heavy atom. The molecule has 2 aliphatic heterocycles. The maximum atomic E-state index is 11.8. The van der Waals surface area contributed by atoms with E-state index in [0.29, 0.717) is 5.69 Å². The monoisotopic (exact) mass is 324 g/mol. The number of carbonyl (C=O) groups is 3. The lowest BCUT2D eigenvalue weighted by Gasteiger charge is -2.31. The fourth-order valence-corrected chi connectivity index (χ4v) is 1.96. The Balaban J connectivity index is 1.78. The highest BCUT2D eigenvalue weighted by molar-refractivity contribution is 6.40. The zero-order chi connectivity index (χ0) is 16.6. The van der Waals surface area contributed by atoms with Crippen LogP contribution in [0.25, 0.3) is 0 Å². The van der Waals surface area contributed by atoms with Crippen molar-refractivity contribution in [3.05, 3.63) is 30.3 Å². The molecule has 11 heteroatoms. The topological polar surface area (TPSA) is 141 Å². The first-order valence-electron chi connectivity index (χ1n) is 6.46. The minimum Gasteiger partial charge on any atom is -0.380 e. The van der Waals surface area contributed by atoms with Gasteiger partial charge in [0.05, 0.1) is 5.69 Å². The molecule has 2 saturated heterocycles. The van der Waals surface area contributed by atoms with Gasteiger partial charge in [-0.15, -0.1) is 5.53 Å². The molecular weight excluding hydrogens is 312 g/mol. The molecule has 0 spiro atoms. The Kier molecular flexibility index (Phi) is 4.04. The number of hydrazine groups is 3. The van der Waals surface area contributed by atoms with Gasteiger partial charge in [0.25, 0.3) is 12.1 Å². The van der Waals surface area contributed by atoms with Crippen LogP contribution >= 0.6 is 0 Å². The van der Waals surface area contributed by atoms with Crippen LogP contribution in [0.15, 0.2) is 30.3 Å². The molecule has 0 aliphatic carbocycles. The van der Waals surface area contributed by atoms with Gasteiger partial charge in [-0.25, -0.2) is 9.63 Å². The second kappa shape index (κ2) is 6.00. The van der Waals surface area contributed by atoms with Gasteiger partial charge >= 0.3 is 6.03 Å². The number of rotatable bonds is 3. The normalized spacial score (nSPS) is 29.0. The molecule has 2 aliphatic rings. The van der Waals surface area contributed by atoms with Gasteiger partial charge in [0.15, 0.2) is 12.4 Å². The first-order chi connectivity index (χ1) is 11.0. The van der Waals surface area contributed by atoms with E-state index in [0.717, 1.165) is 10.3 Å². The van der Waals surface area contributed by atoms with E-state index in [1.807, 2.05) is 0 Å². The summed E-state index contributed by atoms with van der Waals surface area (Å²) < 4.78 is 4.73. The van der Waals surface area contributed by atoms with Gasteiger partial charge in [-0.2, -0.15) is 5.01 Å². The number of anilines is 1. The summed E-state index contributed by atoms with van der Waals surface area (Å²) in [6.45, 7) is 0. The predicted molar refractivity (Wildman–Crippen MR) is 70.4 cm³/mol. The number of ether oxygens (including phenoxy) is 1. The Labute approximate surface area is 128 Å². The van der Waals surface area contributed by atoms with Crippen LogP contribution in [0.1, 0.15) is 0 Å². The van der Waals surface area contributed by atoms with Crippen molar-refractivity contribution in [1.82, 2.24) is 16.2 Å². The van der Waals surface area contributed by atoms with Crippen LogP contribution in [0, 0.1) is 0 Å². The van der Waals surface area contributed by atoms with Crippen molar-refractivity contribution in [2.24, 2.45) is 0 Å². The Morgan fingerprint density at radius 3 is 2.48 bits per heavy atom. The number of amides is 2. The fourth-order valence-electron chi connectivity index (χ4n) is 1.96. The van der Waals surface area contributed by atoms with Crippen molar-refractivity contribution >= 4 is 23.3 Å². The molecule has 11 nitrogen and oxygen atoms in total. The number of hydrogen-bond acceptors (Lipinski definition) is 9. The SMILES string of the molecule is O=C1C(=O)C(O)C(O)OC1ON1NNC(=O)N1c1ccccc1. The number of urea groups is 1. The average molecular weight is 324 g/mol. The van der Waals surface area contributed by atoms with E-state index in [2.05, 4.69) is 11.0 Å². The Hall–Kier alpha value is -2.41. The number of para-hydroxylation sites is 1. The maximum absolute atomic E-state index is 11.8. The van der Waals surface area contributed by atoms with E-state index in [9.17, 15) is 24.6 Å². The molecule has 1 aromatic rings. The molecule has 0 radical (unpaired) electrons. The molecular formula is C12H12N4O7. The van der Waals surface area contributed by atoms with Crippen LogP contribution in [0.5, 0.6) is 0 Å². The van der Waals surface area contributed by atoms with Crippen molar-refractivity contribution in [3.63, 3.8) is 0 Å². The van der Waals surface area contributed by atoms with E-state index in [1.54, 1.807) is 30.3 Å². The van der Waals surface area contributed by atoms with Crippen molar-refractivity contribution in [2.75, 3.05) is 5.01 Å². The second-order valence-corrected chi connectivity index (χ2v) is 4.60. The third-order valence-corrected chi connectivity index (χ3v) is 3.09. The molecule has 2 heterocycles. The number of aliphatic hydroxyl groups excluding tert-OH is 2. The fraction of sp³-hybridized carbons (Fsp3) is 0.250. The summed E-state index contributed by atoms with van der Waals surface area (Å²) in [4.78, 5) is 40.2. The molecule has 3 atom stereocenters. The van der Waals surface area contributed by atoms with Gasteiger partial charge in [0.2, 0.25) is 5.78 Å². The smallest absolute Gasteiger partial charge is 0.355 e. The van der Waals surface area contributed by atoms with Crippen molar-refractivity contribution in [1.29, 1.82) is 0 Å². The van der Waals surface area contributed by atoms with Crippen LogP contribution in [-0.2, 0) is 19.2 Å². The molecule has 1 aromatic carbocycles. The van der Waals surface area contributed by atoms with E-state index < -0.39 is 36.3 Å². The molecule has 122 valence electrons. The Morgan fingerprint density at radius 2 is 1.78 bits per heavy atom. The number of benzene rings is 1. The molecule has 0 aromatic heterocycles. The minimum absolute atomic E-state index is 0.394. The van der Waals surface area contributed by atoms with E-state index in [1.165, 1.54) is 0 Å². The highest BCUT2D eigenvalue weighted by Gasteiger charge is 2.46. The first-order valence-corrected chi connectivity index (χ1v) is 6.46. The van der Waals surface area contributed by atoms with Gasteiger partial charge in [-0.05, 0) is 12.1 Å². The van der Waals surface area contributed by atoms with E-state index >= 15 is 0 Å². The predicted octanol–water partition coefficient (Wildman–Crippen LogP) is -2.04. The summed E-state index contributed by atoms with van der Waals surface area (Å²) in [6.07, 6.45) is -5.71. The van der Waals surface area contributed by atoms with Crippen molar-refractivity contribution in [3.8, 4) is 0 Å². The van der Waals surface area contributed by atoms with Crippen LogP contribution < -0.4 is 16.0 Å². The standard InChI is InChI=1S/C12H12N4O7/c17-7-8(18)10(20)22-11(9(7)19)23-16-14-13-12(21)15(16)6-4-2-1-3-5-6/h1-5,8,10-11,14,18,20H,(H,13,21). The molecule has 3 unspecified atom stereocenters. The van der Waals surface area contributed by atoms with Gasteiger partial charge < -0.3 is 14.9 Å². The number of nitrogens with zero attached hydrogens (tertiary/aromatic N) is 2. The third kappa shape index (κ3) is 2.79. The molecule has 0 saturated carbocycles. The third-order valence-electron chi connectivity index (χ3n) is 3.09. The lowest BCUT2D eigenvalue weighted by Crippen LogP contribution is -2.57. The van der Waals surface area contributed by atoms with Crippen LogP contribution in [0.4, 0.5) is 10.5 Å². The van der Waals surface area contributed by atoms with Gasteiger partial charge in [0, 0.05) is 5.28 Å². The lowest BCUT2D eigenvalue weighted by atomic mass is 10.1. The highest BCUT2D eigenvalue weighted by atomic mass is 16.9. The lowest BCUT2D eigenvalue weighted by molar-refractivity contribution is -0.329. The van der Waals surface area contributed by atoms with Crippen molar-refractivity contribution < 1.29 is 34.2 Å². The summed E-state index contributed by atoms with van der Waals surface area (Å²) in [6, 6.07) is 7.65. The molecule has 23 heavy (non-hydrogen) atoms. The number of ketones is 2. The minimum atomic E-state index is -1.97. The molecule has 3 rings (SSSR count). The highest BCUT2D eigenvalue weighted by Crippen LogP contribution is 2.21. The van der Waals surface area contributed by atoms with Crippen molar-refractivity contribution in [2.45, 2.75) is 18.7 Å². The quantitative estimate of drug-likeness (QED) is 0.463. The summed E-state index contributed by atoms with van der Waals surface area (Å²) in [5.41, 5.74) is 4.94.